The molecular formula is C14H17Cl2N3. The first-order valence-corrected chi connectivity index (χ1v) is 7.01. The molecule has 0 spiro atoms. The van der Waals surface area contributed by atoms with Crippen LogP contribution in [0.15, 0.2) is 30.7 Å². The number of imidazole rings is 1. The minimum Gasteiger partial charge on any atom is -0.336 e. The van der Waals surface area contributed by atoms with E-state index < -0.39 is 0 Å². The summed E-state index contributed by atoms with van der Waals surface area (Å²) >= 11 is 12.3. The number of hydrogen-bond acceptors (Lipinski definition) is 2. The van der Waals surface area contributed by atoms with E-state index in [1.165, 1.54) is 0 Å². The molecule has 0 saturated carbocycles. The highest BCUT2D eigenvalue weighted by Crippen LogP contribution is 2.29. The van der Waals surface area contributed by atoms with Crippen LogP contribution in [0.2, 0.25) is 10.0 Å². The molecule has 0 fully saturated rings. The van der Waals surface area contributed by atoms with E-state index in [1.54, 1.807) is 12.4 Å². The van der Waals surface area contributed by atoms with Crippen molar-refractivity contribution in [3.05, 3.63) is 52.0 Å². The number of benzene rings is 1. The fourth-order valence-electron chi connectivity index (χ4n) is 2.16. The van der Waals surface area contributed by atoms with Crippen LogP contribution >= 0.6 is 23.2 Å². The lowest BCUT2D eigenvalue weighted by molar-refractivity contribution is 0.521. The molecule has 0 aliphatic rings. The zero-order valence-electron chi connectivity index (χ0n) is 11.0. The minimum atomic E-state index is 0.175. The molecule has 5 heteroatoms. The van der Waals surface area contributed by atoms with Crippen LogP contribution in [0.4, 0.5) is 0 Å². The van der Waals surface area contributed by atoms with E-state index in [9.17, 15) is 0 Å². The Balaban J connectivity index is 2.27. The summed E-state index contributed by atoms with van der Waals surface area (Å²) in [5.74, 6) is 0. The topological polar surface area (TPSA) is 29.9 Å². The third-order valence-electron chi connectivity index (χ3n) is 3.12. The molecule has 1 heterocycles. The van der Waals surface area contributed by atoms with Gasteiger partial charge in [0.05, 0.1) is 28.1 Å². The molecule has 0 saturated heterocycles. The van der Waals surface area contributed by atoms with Gasteiger partial charge in [-0.2, -0.15) is 0 Å². The van der Waals surface area contributed by atoms with Gasteiger partial charge in [0.15, 0.2) is 0 Å². The average Bonchev–Trinajstić information content (AvgIpc) is 2.80. The molecule has 2 aromatic rings. The van der Waals surface area contributed by atoms with Crippen LogP contribution in [-0.2, 0) is 13.5 Å². The van der Waals surface area contributed by atoms with Crippen molar-refractivity contribution in [1.29, 1.82) is 0 Å². The van der Waals surface area contributed by atoms with E-state index in [2.05, 4.69) is 17.2 Å². The molecule has 1 aromatic heterocycles. The predicted octanol–water partition coefficient (Wildman–Crippen LogP) is 3.62. The standard InChI is InChI=1S/C14H17Cl2N3/c1-3-18-12(13-8-17-9-19(13)2)7-10-5-4-6-11(15)14(10)16/h4-6,8-9,12,18H,3,7H2,1-2H3. The molecule has 1 N–H and O–H groups in total. The Kier molecular flexibility index (Phi) is 4.86. The monoisotopic (exact) mass is 297 g/mol. The van der Waals surface area contributed by atoms with Gasteiger partial charge in [-0.3, -0.25) is 0 Å². The molecule has 0 aliphatic carbocycles. The van der Waals surface area contributed by atoms with Crippen LogP contribution in [0, 0.1) is 0 Å². The second kappa shape index (κ2) is 6.42. The Bertz CT molecular complexity index is 551. The first kappa shape index (κ1) is 14.4. The number of hydrogen-bond donors (Lipinski definition) is 1. The predicted molar refractivity (Wildman–Crippen MR) is 79.8 cm³/mol. The van der Waals surface area contributed by atoms with Gasteiger partial charge >= 0.3 is 0 Å². The molecule has 19 heavy (non-hydrogen) atoms. The molecule has 0 radical (unpaired) electrons. The van der Waals surface area contributed by atoms with Gasteiger partial charge in [0.2, 0.25) is 0 Å². The van der Waals surface area contributed by atoms with Gasteiger partial charge in [-0.1, -0.05) is 42.3 Å². The molecule has 1 unspecified atom stereocenters. The fraction of sp³-hybridized carbons (Fsp3) is 0.357. The van der Waals surface area contributed by atoms with Gasteiger partial charge < -0.3 is 9.88 Å². The maximum atomic E-state index is 6.26. The van der Waals surface area contributed by atoms with Crippen molar-refractivity contribution in [2.75, 3.05) is 6.54 Å². The lowest BCUT2D eigenvalue weighted by atomic mass is 10.0. The van der Waals surface area contributed by atoms with E-state index in [-0.39, 0.29) is 6.04 Å². The Labute approximate surface area is 123 Å². The summed E-state index contributed by atoms with van der Waals surface area (Å²) in [7, 11) is 1.99. The maximum Gasteiger partial charge on any atom is 0.0946 e. The molecule has 1 aromatic carbocycles. The Hall–Kier alpha value is -1.03. The molecular weight excluding hydrogens is 281 g/mol. The third kappa shape index (κ3) is 3.30. The molecule has 3 nitrogen and oxygen atoms in total. The number of nitrogens with zero attached hydrogens (tertiary/aromatic N) is 2. The molecule has 1 atom stereocenters. The zero-order valence-corrected chi connectivity index (χ0v) is 12.5. The summed E-state index contributed by atoms with van der Waals surface area (Å²) in [6.45, 7) is 2.97. The summed E-state index contributed by atoms with van der Waals surface area (Å²) in [5.41, 5.74) is 2.18. The van der Waals surface area contributed by atoms with Crippen LogP contribution in [0.3, 0.4) is 0 Å². The number of aryl methyl sites for hydroxylation is 1. The third-order valence-corrected chi connectivity index (χ3v) is 3.98. The van der Waals surface area contributed by atoms with Crippen LogP contribution in [0.1, 0.15) is 24.2 Å². The second-order valence-electron chi connectivity index (χ2n) is 4.46. The SMILES string of the molecule is CCNC(Cc1cccc(Cl)c1Cl)c1cncn1C. The van der Waals surface area contributed by atoms with Crippen molar-refractivity contribution in [2.45, 2.75) is 19.4 Å². The average molecular weight is 298 g/mol. The van der Waals surface area contributed by atoms with Crippen LogP contribution in [0.5, 0.6) is 0 Å². The Morgan fingerprint density at radius 1 is 1.37 bits per heavy atom. The first-order chi connectivity index (χ1) is 9.13. The Morgan fingerprint density at radius 2 is 2.16 bits per heavy atom. The van der Waals surface area contributed by atoms with Crippen LogP contribution < -0.4 is 5.32 Å². The van der Waals surface area contributed by atoms with Gasteiger partial charge in [-0.05, 0) is 24.6 Å². The van der Waals surface area contributed by atoms with Crippen molar-refractivity contribution in [2.24, 2.45) is 7.05 Å². The number of likely N-dealkylation sites (N-methyl/N-ethyl adjacent to an activating group) is 1. The highest BCUT2D eigenvalue weighted by Gasteiger charge is 2.16. The van der Waals surface area contributed by atoms with Crippen LogP contribution in [0.25, 0.3) is 0 Å². The van der Waals surface area contributed by atoms with Crippen LogP contribution in [-0.4, -0.2) is 16.1 Å². The van der Waals surface area contributed by atoms with Gasteiger partial charge in [-0.15, -0.1) is 0 Å². The summed E-state index contributed by atoms with van der Waals surface area (Å²) in [5, 5.41) is 4.69. The van der Waals surface area contributed by atoms with Crippen molar-refractivity contribution in [3.63, 3.8) is 0 Å². The van der Waals surface area contributed by atoms with E-state index in [0.29, 0.717) is 10.0 Å². The fourth-order valence-corrected chi connectivity index (χ4v) is 2.55. The quantitative estimate of drug-likeness (QED) is 0.913. The normalized spacial score (nSPS) is 12.6. The summed E-state index contributed by atoms with van der Waals surface area (Å²) < 4.78 is 2.02. The lowest BCUT2D eigenvalue weighted by Gasteiger charge is -2.19. The summed E-state index contributed by atoms with van der Waals surface area (Å²) in [6.07, 6.45) is 4.47. The van der Waals surface area contributed by atoms with E-state index in [4.69, 9.17) is 23.2 Å². The first-order valence-electron chi connectivity index (χ1n) is 6.26. The van der Waals surface area contributed by atoms with Crippen molar-refractivity contribution in [1.82, 2.24) is 14.9 Å². The van der Waals surface area contributed by atoms with Crippen molar-refractivity contribution >= 4 is 23.2 Å². The highest BCUT2D eigenvalue weighted by atomic mass is 35.5. The number of nitrogens with one attached hydrogen (secondary N) is 1. The number of halogens is 2. The molecule has 102 valence electrons. The zero-order chi connectivity index (χ0) is 13.8. The minimum absolute atomic E-state index is 0.175. The summed E-state index contributed by atoms with van der Waals surface area (Å²) in [4.78, 5) is 4.17. The van der Waals surface area contributed by atoms with E-state index in [0.717, 1.165) is 24.2 Å². The maximum absolute atomic E-state index is 6.26. The number of aromatic nitrogens is 2. The van der Waals surface area contributed by atoms with E-state index >= 15 is 0 Å². The number of rotatable bonds is 5. The molecule has 0 amide bonds. The Morgan fingerprint density at radius 3 is 2.79 bits per heavy atom. The van der Waals surface area contributed by atoms with Gasteiger partial charge in [0.25, 0.3) is 0 Å². The smallest absolute Gasteiger partial charge is 0.0946 e. The lowest BCUT2D eigenvalue weighted by Crippen LogP contribution is -2.25. The van der Waals surface area contributed by atoms with Gasteiger partial charge in [0.1, 0.15) is 0 Å². The van der Waals surface area contributed by atoms with Gasteiger partial charge in [0, 0.05) is 13.2 Å². The van der Waals surface area contributed by atoms with Crippen molar-refractivity contribution in [3.8, 4) is 0 Å². The van der Waals surface area contributed by atoms with E-state index in [1.807, 2.05) is 29.9 Å². The molecule has 0 aliphatic heterocycles. The van der Waals surface area contributed by atoms with Gasteiger partial charge in [-0.25, -0.2) is 4.98 Å². The second-order valence-corrected chi connectivity index (χ2v) is 5.24. The summed E-state index contributed by atoms with van der Waals surface area (Å²) in [6, 6.07) is 5.92. The molecule has 0 bridgehead atoms. The largest absolute Gasteiger partial charge is 0.336 e. The van der Waals surface area contributed by atoms with Crippen molar-refractivity contribution < 1.29 is 0 Å². The highest BCUT2D eigenvalue weighted by molar-refractivity contribution is 6.42. The molecule has 2 rings (SSSR count).